The minimum Gasteiger partial charge on any atom is -0.398 e. The number of carbonyl (C=O) groups excluding carboxylic acids is 1. The fourth-order valence-electron chi connectivity index (χ4n) is 3.01. The second-order valence-electron chi connectivity index (χ2n) is 6.57. The molecule has 1 saturated heterocycles. The number of likely N-dealkylation sites (tertiary alicyclic amines) is 1. The number of nitrogens with two attached hydrogens (primary N) is 1. The van der Waals surface area contributed by atoms with Gasteiger partial charge in [0.2, 0.25) is 5.91 Å². The summed E-state index contributed by atoms with van der Waals surface area (Å²) in [6.45, 7) is 8.66. The fourth-order valence-corrected chi connectivity index (χ4v) is 3.01. The first-order valence-electron chi connectivity index (χ1n) is 7.80. The Morgan fingerprint density at radius 1 is 1.43 bits per heavy atom. The van der Waals surface area contributed by atoms with Crippen molar-refractivity contribution in [2.45, 2.75) is 52.0 Å². The lowest BCUT2D eigenvalue weighted by molar-refractivity contribution is -0.116. The molecular weight excluding hydrogens is 262 g/mol. The lowest BCUT2D eigenvalue weighted by Gasteiger charge is -2.31. The number of benzene rings is 1. The maximum Gasteiger partial charge on any atom is 0.224 e. The summed E-state index contributed by atoms with van der Waals surface area (Å²) in [4.78, 5) is 14.5. The predicted octanol–water partition coefficient (Wildman–Crippen LogP) is 3.17. The minimum absolute atomic E-state index is 0.0701. The second kappa shape index (κ2) is 6.48. The molecular formula is C17H27N3O. The van der Waals surface area contributed by atoms with E-state index in [1.54, 1.807) is 0 Å². The Labute approximate surface area is 127 Å². The molecule has 0 aromatic heterocycles. The van der Waals surface area contributed by atoms with Gasteiger partial charge >= 0.3 is 0 Å². The fraction of sp³-hybridized carbons (Fsp3) is 0.588. The summed E-state index contributed by atoms with van der Waals surface area (Å²) in [5, 5.41) is 2.96. The summed E-state index contributed by atoms with van der Waals surface area (Å²) >= 11 is 0. The van der Waals surface area contributed by atoms with Crippen LogP contribution in [0, 0.1) is 6.92 Å². The van der Waals surface area contributed by atoms with Crippen molar-refractivity contribution in [3.8, 4) is 0 Å². The van der Waals surface area contributed by atoms with Crippen LogP contribution in [0.25, 0.3) is 0 Å². The zero-order valence-electron chi connectivity index (χ0n) is 13.4. The van der Waals surface area contributed by atoms with Crippen LogP contribution < -0.4 is 11.1 Å². The molecule has 0 radical (unpaired) electrons. The van der Waals surface area contributed by atoms with Gasteiger partial charge in [-0.15, -0.1) is 0 Å². The largest absolute Gasteiger partial charge is 0.398 e. The van der Waals surface area contributed by atoms with Gasteiger partial charge in [0.15, 0.2) is 0 Å². The number of hydrogen-bond acceptors (Lipinski definition) is 3. The first-order chi connectivity index (χ1) is 9.90. The third-order valence-corrected chi connectivity index (χ3v) is 4.55. The Morgan fingerprint density at radius 3 is 2.86 bits per heavy atom. The van der Waals surface area contributed by atoms with E-state index in [9.17, 15) is 4.79 Å². The molecule has 1 heterocycles. The van der Waals surface area contributed by atoms with Gasteiger partial charge in [-0.05, 0) is 70.8 Å². The maximum atomic E-state index is 12.0. The van der Waals surface area contributed by atoms with E-state index in [4.69, 9.17) is 5.73 Å². The zero-order valence-corrected chi connectivity index (χ0v) is 13.4. The standard InChI is InChI=1S/C17H27N3O/c1-13-14(18)7-4-8-15(13)19-16(21)9-5-11-20-12-6-10-17(20,2)3/h4,7-8H,5-6,9-12,18H2,1-3H3,(H,19,21). The van der Waals surface area contributed by atoms with E-state index in [1.807, 2.05) is 25.1 Å². The Balaban J connectivity index is 1.79. The number of amides is 1. The van der Waals surface area contributed by atoms with Crippen LogP contribution in [0.4, 0.5) is 11.4 Å². The molecule has 0 bridgehead atoms. The van der Waals surface area contributed by atoms with Crippen LogP contribution in [-0.4, -0.2) is 29.4 Å². The highest BCUT2D eigenvalue weighted by molar-refractivity contribution is 5.92. The van der Waals surface area contributed by atoms with Crippen molar-refractivity contribution in [1.82, 2.24) is 4.90 Å². The van der Waals surface area contributed by atoms with E-state index in [-0.39, 0.29) is 5.91 Å². The first-order valence-corrected chi connectivity index (χ1v) is 7.80. The van der Waals surface area contributed by atoms with Gasteiger partial charge in [-0.1, -0.05) is 6.07 Å². The van der Waals surface area contributed by atoms with Crippen molar-refractivity contribution in [2.24, 2.45) is 0 Å². The Hall–Kier alpha value is -1.55. The Kier molecular flexibility index (Phi) is 4.88. The van der Waals surface area contributed by atoms with Crippen molar-refractivity contribution in [2.75, 3.05) is 24.1 Å². The van der Waals surface area contributed by atoms with Crippen LogP contribution in [-0.2, 0) is 4.79 Å². The van der Waals surface area contributed by atoms with E-state index in [0.717, 1.165) is 30.8 Å². The summed E-state index contributed by atoms with van der Waals surface area (Å²) in [6.07, 6.45) is 3.97. The third kappa shape index (κ3) is 3.97. The lowest BCUT2D eigenvalue weighted by Crippen LogP contribution is -2.38. The average molecular weight is 289 g/mol. The molecule has 1 aromatic carbocycles. The lowest BCUT2D eigenvalue weighted by atomic mass is 10.0. The topological polar surface area (TPSA) is 58.4 Å². The van der Waals surface area contributed by atoms with Crippen LogP contribution in [0.15, 0.2) is 18.2 Å². The Bertz CT molecular complexity index is 511. The second-order valence-corrected chi connectivity index (χ2v) is 6.57. The molecule has 0 saturated carbocycles. The number of nitrogens with zero attached hydrogens (tertiary/aromatic N) is 1. The summed E-state index contributed by atoms with van der Waals surface area (Å²) in [5.41, 5.74) is 8.62. The van der Waals surface area contributed by atoms with E-state index in [1.165, 1.54) is 12.8 Å². The van der Waals surface area contributed by atoms with Gasteiger partial charge in [0, 0.05) is 23.3 Å². The summed E-state index contributed by atoms with van der Waals surface area (Å²) in [6, 6.07) is 5.61. The molecule has 1 aromatic rings. The number of nitrogen functional groups attached to an aromatic ring is 1. The molecule has 0 spiro atoms. The molecule has 1 fully saturated rings. The van der Waals surface area contributed by atoms with Gasteiger partial charge in [-0.3, -0.25) is 9.69 Å². The molecule has 0 atom stereocenters. The van der Waals surface area contributed by atoms with Crippen LogP contribution >= 0.6 is 0 Å². The molecule has 21 heavy (non-hydrogen) atoms. The highest BCUT2D eigenvalue weighted by Crippen LogP contribution is 2.28. The van der Waals surface area contributed by atoms with Crippen molar-refractivity contribution in [3.05, 3.63) is 23.8 Å². The highest BCUT2D eigenvalue weighted by Gasteiger charge is 2.31. The smallest absolute Gasteiger partial charge is 0.224 e. The summed E-state index contributed by atoms with van der Waals surface area (Å²) in [7, 11) is 0. The van der Waals surface area contributed by atoms with Gasteiger partial charge in [-0.25, -0.2) is 0 Å². The number of nitrogens with one attached hydrogen (secondary N) is 1. The summed E-state index contributed by atoms with van der Waals surface area (Å²) in [5.74, 6) is 0.0701. The zero-order chi connectivity index (χ0) is 15.5. The average Bonchev–Trinajstić information content (AvgIpc) is 2.74. The number of hydrogen-bond donors (Lipinski definition) is 2. The van der Waals surface area contributed by atoms with Crippen LogP contribution in [0.2, 0.25) is 0 Å². The van der Waals surface area contributed by atoms with Gasteiger partial charge in [0.05, 0.1) is 0 Å². The normalized spacial score (nSPS) is 17.9. The van der Waals surface area contributed by atoms with E-state index >= 15 is 0 Å². The van der Waals surface area contributed by atoms with Gasteiger partial charge in [0.25, 0.3) is 0 Å². The SMILES string of the molecule is Cc1c(N)cccc1NC(=O)CCCN1CCCC1(C)C. The van der Waals surface area contributed by atoms with Gasteiger partial charge < -0.3 is 11.1 Å². The highest BCUT2D eigenvalue weighted by atomic mass is 16.1. The Morgan fingerprint density at radius 2 is 2.19 bits per heavy atom. The molecule has 1 amide bonds. The minimum atomic E-state index is 0.0701. The van der Waals surface area contributed by atoms with E-state index in [2.05, 4.69) is 24.1 Å². The molecule has 1 aliphatic heterocycles. The molecule has 2 rings (SSSR count). The molecule has 116 valence electrons. The van der Waals surface area contributed by atoms with E-state index in [0.29, 0.717) is 17.6 Å². The molecule has 1 aliphatic rings. The molecule has 0 unspecified atom stereocenters. The van der Waals surface area contributed by atoms with Crippen molar-refractivity contribution in [3.63, 3.8) is 0 Å². The van der Waals surface area contributed by atoms with Gasteiger partial charge in [-0.2, -0.15) is 0 Å². The van der Waals surface area contributed by atoms with Crippen molar-refractivity contribution >= 4 is 17.3 Å². The van der Waals surface area contributed by atoms with Crippen LogP contribution in [0.3, 0.4) is 0 Å². The van der Waals surface area contributed by atoms with Crippen molar-refractivity contribution < 1.29 is 4.79 Å². The van der Waals surface area contributed by atoms with Crippen molar-refractivity contribution in [1.29, 1.82) is 0 Å². The van der Waals surface area contributed by atoms with Crippen LogP contribution in [0.5, 0.6) is 0 Å². The number of rotatable bonds is 5. The van der Waals surface area contributed by atoms with Gasteiger partial charge in [0.1, 0.15) is 0 Å². The molecule has 3 N–H and O–H groups in total. The quantitative estimate of drug-likeness (QED) is 0.819. The monoisotopic (exact) mass is 289 g/mol. The predicted molar refractivity (Wildman–Crippen MR) is 88.3 cm³/mol. The maximum absolute atomic E-state index is 12.0. The third-order valence-electron chi connectivity index (χ3n) is 4.55. The molecule has 4 nitrogen and oxygen atoms in total. The first kappa shape index (κ1) is 15.8. The number of carbonyl (C=O) groups is 1. The summed E-state index contributed by atoms with van der Waals surface area (Å²) < 4.78 is 0. The van der Waals surface area contributed by atoms with Crippen LogP contribution in [0.1, 0.15) is 45.1 Å². The molecule has 0 aliphatic carbocycles. The number of anilines is 2. The molecule has 4 heteroatoms. The van der Waals surface area contributed by atoms with E-state index < -0.39 is 0 Å².